The zero-order valence-electron chi connectivity index (χ0n) is 11.4. The summed E-state index contributed by atoms with van der Waals surface area (Å²) >= 11 is 0. The van der Waals surface area contributed by atoms with Crippen LogP contribution in [0, 0.1) is 5.41 Å². The maximum absolute atomic E-state index is 14.0. The van der Waals surface area contributed by atoms with Gasteiger partial charge in [-0.3, -0.25) is 0 Å². The Morgan fingerprint density at radius 1 is 1.44 bits per heavy atom. The summed E-state index contributed by atoms with van der Waals surface area (Å²) in [6.45, 7) is 6.10. The molecule has 0 bridgehead atoms. The van der Waals surface area contributed by atoms with E-state index >= 15 is 0 Å². The minimum atomic E-state index is -2.99. The second-order valence-corrected chi connectivity index (χ2v) is 6.12. The fourth-order valence-electron chi connectivity index (χ4n) is 1.81. The SMILES string of the molecule is CC(C)(C)OC(=O)N1CC[C@](C)(CN)C(F)(F)C1. The van der Waals surface area contributed by atoms with E-state index in [-0.39, 0.29) is 19.5 Å². The molecule has 0 radical (unpaired) electrons. The van der Waals surface area contributed by atoms with E-state index in [1.807, 2.05) is 0 Å². The highest BCUT2D eigenvalue weighted by molar-refractivity contribution is 5.68. The van der Waals surface area contributed by atoms with Crippen LogP contribution in [0.2, 0.25) is 0 Å². The lowest BCUT2D eigenvalue weighted by molar-refractivity contribution is -0.154. The number of hydrogen-bond acceptors (Lipinski definition) is 3. The number of likely N-dealkylation sites (tertiary alicyclic amines) is 1. The molecule has 1 rings (SSSR count). The van der Waals surface area contributed by atoms with E-state index in [9.17, 15) is 13.6 Å². The van der Waals surface area contributed by atoms with Gasteiger partial charge >= 0.3 is 6.09 Å². The molecule has 1 heterocycles. The second kappa shape index (κ2) is 4.64. The molecule has 4 nitrogen and oxygen atoms in total. The van der Waals surface area contributed by atoms with Gasteiger partial charge in [-0.2, -0.15) is 0 Å². The third-order valence-corrected chi connectivity index (χ3v) is 3.31. The van der Waals surface area contributed by atoms with Gasteiger partial charge in [0.15, 0.2) is 0 Å². The number of carbonyl (C=O) groups excluding carboxylic acids is 1. The van der Waals surface area contributed by atoms with Gasteiger partial charge in [-0.1, -0.05) is 6.92 Å². The van der Waals surface area contributed by atoms with Crippen molar-refractivity contribution in [3.8, 4) is 0 Å². The number of nitrogens with two attached hydrogens (primary N) is 1. The molecule has 1 aliphatic heterocycles. The van der Waals surface area contributed by atoms with E-state index in [0.717, 1.165) is 4.90 Å². The lowest BCUT2D eigenvalue weighted by atomic mass is 9.77. The maximum atomic E-state index is 14.0. The van der Waals surface area contributed by atoms with Crippen molar-refractivity contribution >= 4 is 6.09 Å². The fourth-order valence-corrected chi connectivity index (χ4v) is 1.81. The van der Waals surface area contributed by atoms with E-state index in [4.69, 9.17) is 10.5 Å². The number of hydrogen-bond donors (Lipinski definition) is 1. The molecule has 0 aromatic rings. The van der Waals surface area contributed by atoms with Crippen molar-refractivity contribution in [3.63, 3.8) is 0 Å². The molecule has 0 aromatic heterocycles. The van der Waals surface area contributed by atoms with Gasteiger partial charge in [0.1, 0.15) is 5.60 Å². The van der Waals surface area contributed by atoms with Gasteiger partial charge in [-0.25, -0.2) is 13.6 Å². The van der Waals surface area contributed by atoms with Gasteiger partial charge in [-0.15, -0.1) is 0 Å². The number of piperidine rings is 1. The van der Waals surface area contributed by atoms with E-state index < -0.39 is 29.6 Å². The summed E-state index contributed by atoms with van der Waals surface area (Å²) in [4.78, 5) is 12.8. The summed E-state index contributed by atoms with van der Waals surface area (Å²) in [7, 11) is 0. The molecular weight excluding hydrogens is 242 g/mol. The van der Waals surface area contributed by atoms with Crippen LogP contribution in [0.3, 0.4) is 0 Å². The molecule has 2 N–H and O–H groups in total. The Morgan fingerprint density at radius 2 is 2.00 bits per heavy atom. The number of rotatable bonds is 1. The molecule has 106 valence electrons. The number of alkyl halides is 2. The monoisotopic (exact) mass is 264 g/mol. The molecule has 18 heavy (non-hydrogen) atoms. The number of amides is 1. The highest BCUT2D eigenvalue weighted by Crippen LogP contribution is 2.42. The summed E-state index contributed by atoms with van der Waals surface area (Å²) in [6.07, 6.45) is -0.517. The van der Waals surface area contributed by atoms with Crippen molar-refractivity contribution in [1.82, 2.24) is 4.90 Å². The molecule has 1 fully saturated rings. The van der Waals surface area contributed by atoms with Gasteiger partial charge in [0.2, 0.25) is 0 Å². The van der Waals surface area contributed by atoms with E-state index in [1.165, 1.54) is 6.92 Å². The summed E-state index contributed by atoms with van der Waals surface area (Å²) < 4.78 is 33.0. The average molecular weight is 264 g/mol. The first-order chi connectivity index (χ1) is 8.01. The van der Waals surface area contributed by atoms with Crippen LogP contribution in [0.25, 0.3) is 0 Å². The normalized spacial score (nSPS) is 28.1. The minimum absolute atomic E-state index is 0.0951. The van der Waals surface area contributed by atoms with Crippen molar-refractivity contribution in [2.45, 2.75) is 45.6 Å². The standard InChI is InChI=1S/C12H22F2N2O2/c1-10(2,3)18-9(17)16-6-5-11(4,7-15)12(13,14)8-16/h5-8,15H2,1-4H3/t11-/m1/s1. The molecule has 0 aromatic carbocycles. The Labute approximate surface area is 106 Å². The maximum Gasteiger partial charge on any atom is 0.410 e. The molecule has 1 atom stereocenters. The Morgan fingerprint density at radius 3 is 2.39 bits per heavy atom. The van der Waals surface area contributed by atoms with Gasteiger partial charge < -0.3 is 15.4 Å². The summed E-state index contributed by atoms with van der Waals surface area (Å²) in [6, 6.07) is 0. The highest BCUT2D eigenvalue weighted by atomic mass is 19.3. The topological polar surface area (TPSA) is 55.6 Å². The summed E-state index contributed by atoms with van der Waals surface area (Å²) in [5.74, 6) is -2.99. The molecule has 0 spiro atoms. The van der Waals surface area contributed by atoms with Crippen LogP contribution >= 0.6 is 0 Å². The van der Waals surface area contributed by atoms with E-state index in [2.05, 4.69) is 0 Å². The first kappa shape index (κ1) is 15.1. The Kier molecular flexibility index (Phi) is 3.91. The number of carbonyl (C=O) groups is 1. The minimum Gasteiger partial charge on any atom is -0.444 e. The summed E-state index contributed by atoms with van der Waals surface area (Å²) in [5.41, 5.74) is 3.50. The zero-order valence-corrected chi connectivity index (χ0v) is 11.4. The lowest BCUT2D eigenvalue weighted by Gasteiger charge is -2.44. The third kappa shape index (κ3) is 3.10. The highest BCUT2D eigenvalue weighted by Gasteiger charge is 2.54. The van der Waals surface area contributed by atoms with E-state index in [1.54, 1.807) is 20.8 Å². The second-order valence-electron chi connectivity index (χ2n) is 6.12. The molecule has 1 amide bonds. The van der Waals surface area contributed by atoms with Crippen LogP contribution in [0.5, 0.6) is 0 Å². The van der Waals surface area contributed by atoms with E-state index in [0.29, 0.717) is 0 Å². The molecule has 0 aliphatic carbocycles. The molecular formula is C12H22F2N2O2. The van der Waals surface area contributed by atoms with Crippen LogP contribution in [0.1, 0.15) is 34.1 Å². The molecule has 1 aliphatic rings. The number of nitrogens with zero attached hydrogens (tertiary/aromatic N) is 1. The predicted molar refractivity (Wildman–Crippen MR) is 64.5 cm³/mol. The van der Waals surface area contributed by atoms with Gasteiger partial charge in [0.25, 0.3) is 5.92 Å². The largest absolute Gasteiger partial charge is 0.444 e. The van der Waals surface area contributed by atoms with Crippen molar-refractivity contribution in [3.05, 3.63) is 0 Å². The number of halogens is 2. The molecule has 6 heteroatoms. The first-order valence-corrected chi connectivity index (χ1v) is 6.07. The van der Waals surface area contributed by atoms with Crippen molar-refractivity contribution in [2.75, 3.05) is 19.6 Å². The molecule has 0 saturated carbocycles. The van der Waals surface area contributed by atoms with Gasteiger partial charge in [-0.05, 0) is 27.2 Å². The van der Waals surface area contributed by atoms with Crippen LogP contribution < -0.4 is 5.73 Å². The van der Waals surface area contributed by atoms with Crippen molar-refractivity contribution in [2.24, 2.45) is 11.1 Å². The Bertz CT molecular complexity index is 329. The molecule has 1 saturated heterocycles. The molecule has 0 unspecified atom stereocenters. The van der Waals surface area contributed by atoms with Gasteiger partial charge in [0.05, 0.1) is 6.54 Å². The smallest absolute Gasteiger partial charge is 0.410 e. The van der Waals surface area contributed by atoms with Gasteiger partial charge in [0, 0.05) is 18.5 Å². The Balaban J connectivity index is 2.73. The van der Waals surface area contributed by atoms with Crippen LogP contribution in [-0.4, -0.2) is 42.2 Å². The predicted octanol–water partition coefficient (Wildman–Crippen LogP) is 2.23. The van der Waals surface area contributed by atoms with Crippen molar-refractivity contribution < 1.29 is 18.3 Å². The Hall–Kier alpha value is -0.910. The zero-order chi connectivity index (χ0) is 14.2. The fraction of sp³-hybridized carbons (Fsp3) is 0.917. The third-order valence-electron chi connectivity index (χ3n) is 3.31. The lowest BCUT2D eigenvalue weighted by Crippen LogP contribution is -2.58. The van der Waals surface area contributed by atoms with Crippen LogP contribution in [0.4, 0.5) is 13.6 Å². The summed E-state index contributed by atoms with van der Waals surface area (Å²) in [5, 5.41) is 0. The number of ether oxygens (including phenoxy) is 1. The van der Waals surface area contributed by atoms with Crippen molar-refractivity contribution in [1.29, 1.82) is 0 Å². The first-order valence-electron chi connectivity index (χ1n) is 6.07. The average Bonchev–Trinajstić information content (AvgIpc) is 2.19. The quantitative estimate of drug-likeness (QED) is 0.790. The van der Waals surface area contributed by atoms with Crippen LogP contribution in [-0.2, 0) is 4.74 Å². The van der Waals surface area contributed by atoms with Crippen LogP contribution in [0.15, 0.2) is 0 Å².